The van der Waals surface area contributed by atoms with Crippen molar-refractivity contribution in [1.82, 2.24) is 10.2 Å². The fourth-order valence-electron chi connectivity index (χ4n) is 2.57. The summed E-state index contributed by atoms with van der Waals surface area (Å²) in [7, 11) is 0. The third-order valence-electron chi connectivity index (χ3n) is 3.64. The van der Waals surface area contributed by atoms with E-state index in [1.54, 1.807) is 12.1 Å². The Labute approximate surface area is 111 Å². The van der Waals surface area contributed by atoms with Crippen LogP contribution in [0.2, 0.25) is 0 Å². The summed E-state index contributed by atoms with van der Waals surface area (Å²) in [6, 6.07) is 6.18. The van der Waals surface area contributed by atoms with E-state index in [1.165, 1.54) is 12.1 Å². The van der Waals surface area contributed by atoms with Gasteiger partial charge >= 0.3 is 6.18 Å². The highest BCUT2D eigenvalue weighted by Gasteiger charge is 2.33. The second-order valence-electron chi connectivity index (χ2n) is 4.89. The summed E-state index contributed by atoms with van der Waals surface area (Å²) in [6.45, 7) is 4.93. The summed E-state index contributed by atoms with van der Waals surface area (Å²) in [5.41, 5.74) is -0.140. The zero-order valence-corrected chi connectivity index (χ0v) is 11.0. The molecule has 1 fully saturated rings. The van der Waals surface area contributed by atoms with Gasteiger partial charge in [-0.1, -0.05) is 25.1 Å². The van der Waals surface area contributed by atoms with Gasteiger partial charge in [-0.15, -0.1) is 0 Å². The highest BCUT2D eigenvalue weighted by molar-refractivity contribution is 5.29. The third kappa shape index (κ3) is 3.48. The average molecular weight is 272 g/mol. The van der Waals surface area contributed by atoms with Crippen molar-refractivity contribution in [2.24, 2.45) is 0 Å². The SMILES string of the molecule is CCC1CNCCN1Cc1ccccc1C(F)(F)F. The van der Waals surface area contributed by atoms with E-state index < -0.39 is 11.7 Å². The maximum Gasteiger partial charge on any atom is 0.416 e. The number of halogens is 3. The number of hydrogen-bond acceptors (Lipinski definition) is 2. The zero-order chi connectivity index (χ0) is 13.9. The molecule has 106 valence electrons. The van der Waals surface area contributed by atoms with Crippen molar-refractivity contribution in [1.29, 1.82) is 0 Å². The Morgan fingerprint density at radius 1 is 1.32 bits per heavy atom. The summed E-state index contributed by atoms with van der Waals surface area (Å²) >= 11 is 0. The van der Waals surface area contributed by atoms with E-state index in [1.807, 2.05) is 0 Å². The van der Waals surface area contributed by atoms with Crippen LogP contribution < -0.4 is 5.32 Å². The van der Waals surface area contributed by atoms with E-state index in [0.717, 1.165) is 26.1 Å². The summed E-state index contributed by atoms with van der Waals surface area (Å²) < 4.78 is 38.9. The van der Waals surface area contributed by atoms with Crippen molar-refractivity contribution >= 4 is 0 Å². The maximum atomic E-state index is 13.0. The maximum absolute atomic E-state index is 13.0. The molecule has 1 atom stereocenters. The molecule has 1 aromatic carbocycles. The van der Waals surface area contributed by atoms with Crippen molar-refractivity contribution < 1.29 is 13.2 Å². The Kier molecular flexibility index (Phi) is 4.47. The monoisotopic (exact) mass is 272 g/mol. The molecule has 5 heteroatoms. The van der Waals surface area contributed by atoms with Gasteiger partial charge < -0.3 is 5.32 Å². The zero-order valence-electron chi connectivity index (χ0n) is 11.0. The minimum absolute atomic E-state index is 0.315. The number of alkyl halides is 3. The van der Waals surface area contributed by atoms with Crippen molar-refractivity contribution in [2.75, 3.05) is 19.6 Å². The molecule has 0 amide bonds. The predicted octanol–water partition coefficient (Wildman–Crippen LogP) is 2.89. The van der Waals surface area contributed by atoms with Crippen molar-refractivity contribution in [2.45, 2.75) is 32.1 Å². The van der Waals surface area contributed by atoms with Gasteiger partial charge in [-0.05, 0) is 18.1 Å². The first kappa shape index (κ1) is 14.3. The Morgan fingerprint density at radius 2 is 2.05 bits per heavy atom. The highest BCUT2D eigenvalue weighted by atomic mass is 19.4. The summed E-state index contributed by atoms with van der Waals surface area (Å²) in [4.78, 5) is 2.14. The highest BCUT2D eigenvalue weighted by Crippen LogP contribution is 2.32. The molecule has 1 heterocycles. The Bertz CT molecular complexity index is 417. The number of piperazine rings is 1. The normalized spacial score (nSPS) is 21.6. The van der Waals surface area contributed by atoms with Gasteiger partial charge in [0.2, 0.25) is 0 Å². The van der Waals surface area contributed by atoms with Crippen molar-refractivity contribution in [3.05, 3.63) is 35.4 Å². The molecule has 1 unspecified atom stereocenters. The summed E-state index contributed by atoms with van der Waals surface area (Å²) in [5.74, 6) is 0. The van der Waals surface area contributed by atoms with E-state index in [2.05, 4.69) is 17.1 Å². The Hall–Kier alpha value is -1.07. The van der Waals surface area contributed by atoms with Gasteiger partial charge in [0.1, 0.15) is 0 Å². The molecule has 2 nitrogen and oxygen atoms in total. The van der Waals surface area contributed by atoms with Crippen molar-refractivity contribution in [3.63, 3.8) is 0 Å². The molecule has 1 aliphatic heterocycles. The number of nitrogens with zero attached hydrogens (tertiary/aromatic N) is 1. The first-order valence-electron chi connectivity index (χ1n) is 6.62. The Morgan fingerprint density at radius 3 is 2.74 bits per heavy atom. The van der Waals surface area contributed by atoms with Crippen LogP contribution in [0.1, 0.15) is 24.5 Å². The third-order valence-corrected chi connectivity index (χ3v) is 3.64. The number of benzene rings is 1. The van der Waals surface area contributed by atoms with Crippen LogP contribution >= 0.6 is 0 Å². The minimum atomic E-state index is -4.27. The molecule has 1 saturated heterocycles. The molecule has 1 aliphatic rings. The first-order chi connectivity index (χ1) is 9.02. The largest absolute Gasteiger partial charge is 0.416 e. The lowest BCUT2D eigenvalue weighted by Crippen LogP contribution is -2.50. The molecule has 0 radical (unpaired) electrons. The van der Waals surface area contributed by atoms with Crippen LogP contribution in [0.25, 0.3) is 0 Å². The van der Waals surface area contributed by atoms with Crippen LogP contribution in [0.5, 0.6) is 0 Å². The van der Waals surface area contributed by atoms with E-state index in [-0.39, 0.29) is 0 Å². The first-order valence-corrected chi connectivity index (χ1v) is 6.62. The minimum Gasteiger partial charge on any atom is -0.314 e. The molecule has 0 aromatic heterocycles. The summed E-state index contributed by atoms with van der Waals surface area (Å²) in [5, 5.41) is 3.28. The van der Waals surface area contributed by atoms with Crippen LogP contribution in [0.3, 0.4) is 0 Å². The average Bonchev–Trinajstić information content (AvgIpc) is 2.39. The molecule has 0 bridgehead atoms. The van der Waals surface area contributed by atoms with Crippen LogP contribution in [0.4, 0.5) is 13.2 Å². The van der Waals surface area contributed by atoms with Crippen LogP contribution in [0.15, 0.2) is 24.3 Å². The summed E-state index contributed by atoms with van der Waals surface area (Å²) in [6.07, 6.45) is -3.33. The molecule has 2 rings (SSSR count). The van der Waals surface area contributed by atoms with E-state index >= 15 is 0 Å². The molecule has 1 aromatic rings. The number of nitrogens with one attached hydrogen (secondary N) is 1. The van der Waals surface area contributed by atoms with Gasteiger partial charge in [0.15, 0.2) is 0 Å². The fraction of sp³-hybridized carbons (Fsp3) is 0.571. The van der Waals surface area contributed by atoms with Gasteiger partial charge in [0, 0.05) is 32.2 Å². The van der Waals surface area contributed by atoms with Crippen molar-refractivity contribution in [3.8, 4) is 0 Å². The van der Waals surface area contributed by atoms with Gasteiger partial charge in [0.05, 0.1) is 5.56 Å². The van der Waals surface area contributed by atoms with Crippen LogP contribution in [-0.2, 0) is 12.7 Å². The topological polar surface area (TPSA) is 15.3 Å². The van der Waals surface area contributed by atoms with E-state index in [0.29, 0.717) is 18.2 Å². The fourth-order valence-corrected chi connectivity index (χ4v) is 2.57. The second-order valence-corrected chi connectivity index (χ2v) is 4.89. The molecular formula is C14H19F3N2. The smallest absolute Gasteiger partial charge is 0.314 e. The lowest BCUT2D eigenvalue weighted by molar-refractivity contribution is -0.138. The van der Waals surface area contributed by atoms with Gasteiger partial charge in [-0.2, -0.15) is 13.2 Å². The van der Waals surface area contributed by atoms with Crippen LogP contribution in [-0.4, -0.2) is 30.6 Å². The molecule has 19 heavy (non-hydrogen) atoms. The molecule has 0 spiro atoms. The predicted molar refractivity (Wildman–Crippen MR) is 68.8 cm³/mol. The van der Waals surface area contributed by atoms with Gasteiger partial charge in [-0.3, -0.25) is 4.90 Å². The van der Waals surface area contributed by atoms with E-state index in [9.17, 15) is 13.2 Å². The lowest BCUT2D eigenvalue weighted by Gasteiger charge is -2.36. The quantitative estimate of drug-likeness (QED) is 0.910. The number of hydrogen-bond donors (Lipinski definition) is 1. The molecule has 0 saturated carbocycles. The Balaban J connectivity index is 2.18. The standard InChI is InChI=1S/C14H19F3N2/c1-2-12-9-18-7-8-19(12)10-11-5-3-4-6-13(11)14(15,16)17/h3-6,12,18H,2,7-10H2,1H3. The molecule has 0 aliphatic carbocycles. The van der Waals surface area contributed by atoms with E-state index in [4.69, 9.17) is 0 Å². The number of rotatable bonds is 3. The molecular weight excluding hydrogens is 253 g/mol. The van der Waals surface area contributed by atoms with Crippen LogP contribution in [0, 0.1) is 0 Å². The molecule has 1 N–H and O–H groups in total. The van der Waals surface area contributed by atoms with Gasteiger partial charge in [-0.25, -0.2) is 0 Å². The van der Waals surface area contributed by atoms with Gasteiger partial charge in [0.25, 0.3) is 0 Å². The second kappa shape index (κ2) is 5.92. The lowest BCUT2D eigenvalue weighted by atomic mass is 10.0.